The highest BCUT2D eigenvalue weighted by molar-refractivity contribution is 5.88. The number of ether oxygens (including phenoxy) is 5. The zero-order chi connectivity index (χ0) is 20.5. The van der Waals surface area contributed by atoms with Gasteiger partial charge in [0.25, 0.3) is 0 Å². The topological polar surface area (TPSA) is 96.6 Å². The molecule has 0 saturated heterocycles. The van der Waals surface area contributed by atoms with E-state index in [9.17, 15) is 9.90 Å². The van der Waals surface area contributed by atoms with Gasteiger partial charge < -0.3 is 33.2 Å². The van der Waals surface area contributed by atoms with Gasteiger partial charge in [-0.05, 0) is 24.3 Å². The van der Waals surface area contributed by atoms with Crippen LogP contribution in [-0.2, 0) is 0 Å². The van der Waals surface area contributed by atoms with E-state index in [0.29, 0.717) is 33.9 Å². The lowest BCUT2D eigenvalue weighted by Crippen LogP contribution is -2.36. The van der Waals surface area contributed by atoms with Gasteiger partial charge in [-0.3, -0.25) is 0 Å². The summed E-state index contributed by atoms with van der Waals surface area (Å²) in [6, 6.07) is 9.93. The molecule has 2 aromatic carbocycles. The van der Waals surface area contributed by atoms with Gasteiger partial charge in [0, 0.05) is 17.0 Å². The van der Waals surface area contributed by atoms with Crippen LogP contribution in [0.4, 0.5) is 0 Å². The molecule has 1 aromatic heterocycles. The number of hydrogen-bond donors (Lipinski definition) is 1. The average molecular weight is 400 g/mol. The highest BCUT2D eigenvalue weighted by atomic mass is 16.6. The third-order valence-corrected chi connectivity index (χ3v) is 4.77. The van der Waals surface area contributed by atoms with Gasteiger partial charge in [0.15, 0.2) is 35.0 Å². The van der Waals surface area contributed by atoms with Gasteiger partial charge in [-0.15, -0.1) is 0 Å². The number of methoxy groups -OCH3 is 3. The minimum absolute atomic E-state index is 0.216. The van der Waals surface area contributed by atoms with Crippen molar-refractivity contribution in [3.8, 4) is 28.7 Å². The SMILES string of the molecule is COc1ccc(C2Oc3c(OC)cc4ccc(=O)oc4c3OC2CO)cc1OC. The lowest BCUT2D eigenvalue weighted by Gasteiger charge is -2.34. The van der Waals surface area contributed by atoms with Crippen molar-refractivity contribution in [2.75, 3.05) is 27.9 Å². The third-order valence-electron chi connectivity index (χ3n) is 4.77. The van der Waals surface area contributed by atoms with E-state index in [1.54, 1.807) is 37.4 Å². The van der Waals surface area contributed by atoms with Crippen LogP contribution in [0, 0.1) is 0 Å². The minimum atomic E-state index is -0.749. The number of hydrogen-bond acceptors (Lipinski definition) is 8. The first-order chi connectivity index (χ1) is 14.1. The van der Waals surface area contributed by atoms with Gasteiger partial charge in [-0.25, -0.2) is 4.79 Å². The maximum atomic E-state index is 11.7. The highest BCUT2D eigenvalue weighted by Gasteiger charge is 2.37. The number of benzene rings is 2. The maximum absolute atomic E-state index is 11.7. The Morgan fingerprint density at radius 3 is 2.34 bits per heavy atom. The number of aliphatic hydroxyl groups is 1. The molecule has 152 valence electrons. The van der Waals surface area contributed by atoms with E-state index in [2.05, 4.69) is 0 Å². The van der Waals surface area contributed by atoms with Crippen molar-refractivity contribution >= 4 is 11.0 Å². The summed E-state index contributed by atoms with van der Waals surface area (Å²) in [5, 5.41) is 10.6. The fraction of sp³-hybridized carbons (Fsp3) is 0.286. The summed E-state index contributed by atoms with van der Waals surface area (Å²) in [4.78, 5) is 11.7. The first kappa shape index (κ1) is 18.9. The summed E-state index contributed by atoms with van der Waals surface area (Å²) in [5.74, 6) is 2.02. The van der Waals surface area contributed by atoms with Crippen LogP contribution in [0.15, 0.2) is 45.6 Å². The molecule has 1 N–H and O–H groups in total. The van der Waals surface area contributed by atoms with Crippen molar-refractivity contribution in [1.82, 2.24) is 0 Å². The standard InChI is InChI=1S/C21H20O8/c1-24-13-6-4-11(8-14(13)25-2)18-16(10-22)27-21-19-12(5-7-17(23)28-19)9-15(26-3)20(21)29-18/h4-9,16,18,22H,10H2,1-3H3. The Bertz CT molecular complexity index is 1100. The van der Waals surface area contributed by atoms with Gasteiger partial charge in [-0.1, -0.05) is 6.07 Å². The second-order valence-corrected chi connectivity index (χ2v) is 6.40. The lowest BCUT2D eigenvalue weighted by molar-refractivity contribution is -0.0135. The van der Waals surface area contributed by atoms with Gasteiger partial charge in [0.2, 0.25) is 11.5 Å². The second-order valence-electron chi connectivity index (χ2n) is 6.40. The smallest absolute Gasteiger partial charge is 0.336 e. The van der Waals surface area contributed by atoms with Gasteiger partial charge in [0.1, 0.15) is 0 Å². The molecular weight excluding hydrogens is 380 g/mol. The number of aliphatic hydroxyl groups excluding tert-OH is 1. The second kappa shape index (κ2) is 7.56. The quantitative estimate of drug-likeness (QED) is 0.653. The Kier molecular flexibility index (Phi) is 4.94. The Labute approximate surface area is 166 Å². The summed E-state index contributed by atoms with van der Waals surface area (Å²) in [6.07, 6.45) is -1.41. The van der Waals surface area contributed by atoms with E-state index < -0.39 is 17.8 Å². The van der Waals surface area contributed by atoms with Crippen molar-refractivity contribution < 1.29 is 33.2 Å². The van der Waals surface area contributed by atoms with Gasteiger partial charge >= 0.3 is 5.63 Å². The van der Waals surface area contributed by atoms with Crippen LogP contribution in [0.5, 0.6) is 28.7 Å². The normalized spacial score (nSPS) is 17.8. The zero-order valence-electron chi connectivity index (χ0n) is 16.1. The molecule has 4 rings (SSSR count). The Hall–Kier alpha value is -3.39. The highest BCUT2D eigenvalue weighted by Crippen LogP contribution is 2.49. The summed E-state index contributed by atoms with van der Waals surface area (Å²) < 4.78 is 33.6. The Morgan fingerprint density at radius 1 is 0.897 bits per heavy atom. The molecule has 3 aromatic rings. The van der Waals surface area contributed by atoms with Crippen LogP contribution in [0.3, 0.4) is 0 Å². The molecule has 1 aliphatic rings. The van der Waals surface area contributed by atoms with E-state index in [0.717, 1.165) is 0 Å². The van der Waals surface area contributed by atoms with Crippen LogP contribution < -0.4 is 29.3 Å². The molecule has 0 saturated carbocycles. The van der Waals surface area contributed by atoms with Crippen molar-refractivity contribution in [1.29, 1.82) is 0 Å². The minimum Gasteiger partial charge on any atom is -0.493 e. The molecule has 2 unspecified atom stereocenters. The molecule has 2 atom stereocenters. The fourth-order valence-corrected chi connectivity index (χ4v) is 3.37. The lowest BCUT2D eigenvalue weighted by atomic mass is 10.0. The largest absolute Gasteiger partial charge is 0.493 e. The molecular formula is C21H20O8. The molecule has 8 nitrogen and oxygen atoms in total. The molecule has 29 heavy (non-hydrogen) atoms. The molecule has 0 spiro atoms. The maximum Gasteiger partial charge on any atom is 0.336 e. The monoisotopic (exact) mass is 400 g/mol. The number of rotatable bonds is 5. The predicted molar refractivity (Wildman–Crippen MR) is 103 cm³/mol. The predicted octanol–water partition coefficient (Wildman–Crippen LogP) is 2.69. The fourth-order valence-electron chi connectivity index (χ4n) is 3.37. The summed E-state index contributed by atoms with van der Waals surface area (Å²) in [5.41, 5.74) is 0.428. The van der Waals surface area contributed by atoms with Gasteiger partial charge in [-0.2, -0.15) is 0 Å². The molecule has 0 radical (unpaired) electrons. The van der Waals surface area contributed by atoms with Crippen LogP contribution in [0.25, 0.3) is 11.0 Å². The zero-order valence-corrected chi connectivity index (χ0v) is 16.1. The first-order valence-electron chi connectivity index (χ1n) is 8.90. The summed E-state index contributed by atoms with van der Waals surface area (Å²) >= 11 is 0. The van der Waals surface area contributed by atoms with E-state index in [1.165, 1.54) is 20.3 Å². The van der Waals surface area contributed by atoms with Crippen LogP contribution >= 0.6 is 0 Å². The van der Waals surface area contributed by atoms with Crippen LogP contribution in [0.2, 0.25) is 0 Å². The van der Waals surface area contributed by atoms with E-state index in [4.69, 9.17) is 28.1 Å². The first-order valence-corrected chi connectivity index (χ1v) is 8.90. The van der Waals surface area contributed by atoms with Crippen molar-refractivity contribution in [2.24, 2.45) is 0 Å². The molecule has 0 aliphatic carbocycles. The van der Waals surface area contributed by atoms with Gasteiger partial charge in [0.05, 0.1) is 27.9 Å². The Morgan fingerprint density at radius 2 is 1.66 bits per heavy atom. The Balaban J connectivity index is 1.85. The van der Waals surface area contributed by atoms with E-state index >= 15 is 0 Å². The number of fused-ring (bicyclic) bond motifs is 3. The summed E-state index contributed by atoms with van der Waals surface area (Å²) in [6.45, 7) is -0.325. The average Bonchev–Trinajstić information content (AvgIpc) is 2.77. The van der Waals surface area contributed by atoms with Crippen LogP contribution in [0.1, 0.15) is 11.7 Å². The summed E-state index contributed by atoms with van der Waals surface area (Å²) in [7, 11) is 4.59. The van der Waals surface area contributed by atoms with E-state index in [-0.39, 0.29) is 17.9 Å². The van der Waals surface area contributed by atoms with Crippen molar-refractivity contribution in [3.63, 3.8) is 0 Å². The molecule has 0 bridgehead atoms. The molecule has 2 heterocycles. The van der Waals surface area contributed by atoms with Crippen LogP contribution in [-0.4, -0.2) is 39.1 Å². The molecule has 1 aliphatic heterocycles. The van der Waals surface area contributed by atoms with E-state index in [1.807, 2.05) is 0 Å². The molecule has 8 heteroatoms. The molecule has 0 fully saturated rings. The van der Waals surface area contributed by atoms with Crippen molar-refractivity contribution in [3.05, 3.63) is 52.4 Å². The third kappa shape index (κ3) is 3.21. The van der Waals surface area contributed by atoms with Crippen molar-refractivity contribution in [2.45, 2.75) is 12.2 Å². The molecule has 0 amide bonds.